The van der Waals surface area contributed by atoms with Gasteiger partial charge in [-0.05, 0) is 43.2 Å². The molecule has 1 aliphatic rings. The Hall–Kier alpha value is -1.56. The summed E-state index contributed by atoms with van der Waals surface area (Å²) >= 11 is 1.81. The minimum absolute atomic E-state index is 0.297. The first-order valence-corrected chi connectivity index (χ1v) is 8.80. The molecule has 0 fully saturated rings. The molecule has 2 heterocycles. The number of rotatable bonds is 7. The summed E-state index contributed by atoms with van der Waals surface area (Å²) in [6.45, 7) is 6.73. The zero-order chi connectivity index (χ0) is 16.2. The number of aryl methyl sites for hydroxylation is 1. The third-order valence-corrected chi connectivity index (χ3v) is 4.94. The van der Waals surface area contributed by atoms with Crippen molar-refractivity contribution >= 4 is 11.3 Å². The average Bonchev–Trinajstić information content (AvgIpc) is 3.15. The van der Waals surface area contributed by atoms with E-state index in [4.69, 9.17) is 9.47 Å². The highest BCUT2D eigenvalue weighted by Gasteiger charge is 2.16. The topological polar surface area (TPSA) is 41.9 Å². The number of ether oxygens (including phenoxy) is 2. The van der Waals surface area contributed by atoms with E-state index >= 15 is 0 Å². The van der Waals surface area contributed by atoms with E-state index in [1.54, 1.807) is 0 Å². The summed E-state index contributed by atoms with van der Waals surface area (Å²) in [5, 5.41) is 10.1. The number of nitrogens with zero attached hydrogens (tertiary/aromatic N) is 1. The van der Waals surface area contributed by atoms with E-state index in [0.29, 0.717) is 13.3 Å². The molecule has 0 radical (unpaired) electrons. The van der Waals surface area contributed by atoms with Gasteiger partial charge in [0.05, 0.1) is 6.10 Å². The van der Waals surface area contributed by atoms with Crippen LogP contribution in [0.25, 0.3) is 0 Å². The minimum Gasteiger partial charge on any atom is -0.454 e. The molecule has 5 heteroatoms. The Kier molecular flexibility index (Phi) is 5.20. The fourth-order valence-corrected chi connectivity index (χ4v) is 3.63. The summed E-state index contributed by atoms with van der Waals surface area (Å²) in [5.74, 6) is 1.62. The summed E-state index contributed by atoms with van der Waals surface area (Å²) < 4.78 is 10.8. The Balaban J connectivity index is 1.72. The number of aliphatic hydroxyl groups is 1. The third-order valence-electron chi connectivity index (χ3n) is 3.96. The van der Waals surface area contributed by atoms with Gasteiger partial charge in [0, 0.05) is 29.4 Å². The third kappa shape index (κ3) is 4.25. The molecule has 1 aromatic carbocycles. The van der Waals surface area contributed by atoms with E-state index in [-0.39, 0.29) is 6.10 Å². The van der Waals surface area contributed by atoms with Crippen LogP contribution in [0.5, 0.6) is 11.5 Å². The fraction of sp³-hybridized carbons (Fsp3) is 0.444. The lowest BCUT2D eigenvalue weighted by molar-refractivity contribution is 0.102. The van der Waals surface area contributed by atoms with Gasteiger partial charge in [0.2, 0.25) is 6.79 Å². The molecular formula is C18H23NO3S. The molecule has 0 bridgehead atoms. The summed E-state index contributed by atoms with van der Waals surface area (Å²) in [4.78, 5) is 4.93. The van der Waals surface area contributed by atoms with Crippen LogP contribution in [-0.4, -0.2) is 29.4 Å². The summed E-state index contributed by atoms with van der Waals surface area (Å²) in [6.07, 6.45) is 0.464. The molecule has 0 saturated heterocycles. The second-order valence-corrected chi connectivity index (χ2v) is 7.30. The van der Waals surface area contributed by atoms with Crippen molar-refractivity contribution in [3.63, 3.8) is 0 Å². The van der Waals surface area contributed by atoms with Crippen LogP contribution >= 0.6 is 11.3 Å². The van der Waals surface area contributed by atoms with Crippen LogP contribution in [0, 0.1) is 6.92 Å². The van der Waals surface area contributed by atoms with E-state index < -0.39 is 0 Å². The van der Waals surface area contributed by atoms with Gasteiger partial charge >= 0.3 is 0 Å². The largest absolute Gasteiger partial charge is 0.454 e. The van der Waals surface area contributed by atoms with E-state index in [1.165, 1.54) is 15.3 Å². The summed E-state index contributed by atoms with van der Waals surface area (Å²) in [5.41, 5.74) is 1.17. The lowest BCUT2D eigenvalue weighted by atomic mass is 10.1. The molecule has 0 aliphatic carbocycles. The van der Waals surface area contributed by atoms with Crippen molar-refractivity contribution in [1.82, 2.24) is 4.90 Å². The SMILES string of the molecule is CC[C@@H](O)CN(Cc1ccc2c(c1)OCO2)Cc1ccc(C)s1. The van der Waals surface area contributed by atoms with Crippen LogP contribution in [0.3, 0.4) is 0 Å². The second-order valence-electron chi connectivity index (χ2n) is 5.93. The Morgan fingerprint density at radius 3 is 2.74 bits per heavy atom. The number of thiophene rings is 1. The van der Waals surface area contributed by atoms with Gasteiger partial charge < -0.3 is 14.6 Å². The predicted octanol–water partition coefficient (Wildman–Crippen LogP) is 3.56. The first-order valence-electron chi connectivity index (χ1n) is 7.98. The van der Waals surface area contributed by atoms with Crippen LogP contribution < -0.4 is 9.47 Å². The van der Waals surface area contributed by atoms with E-state index in [2.05, 4.69) is 30.0 Å². The van der Waals surface area contributed by atoms with Gasteiger partial charge in [-0.1, -0.05) is 13.0 Å². The minimum atomic E-state index is -0.301. The number of aliphatic hydroxyl groups excluding tert-OH is 1. The lowest BCUT2D eigenvalue weighted by Crippen LogP contribution is -2.31. The van der Waals surface area contributed by atoms with E-state index in [1.807, 2.05) is 30.4 Å². The van der Waals surface area contributed by atoms with Gasteiger partial charge in [0.25, 0.3) is 0 Å². The van der Waals surface area contributed by atoms with Crippen LogP contribution in [0.4, 0.5) is 0 Å². The predicted molar refractivity (Wildman–Crippen MR) is 92.0 cm³/mol. The van der Waals surface area contributed by atoms with Crippen LogP contribution in [0.15, 0.2) is 30.3 Å². The van der Waals surface area contributed by atoms with Crippen molar-refractivity contribution in [3.05, 3.63) is 45.6 Å². The van der Waals surface area contributed by atoms with Crippen molar-refractivity contribution in [2.75, 3.05) is 13.3 Å². The molecule has 0 saturated carbocycles. The first-order chi connectivity index (χ1) is 11.1. The molecule has 4 nitrogen and oxygen atoms in total. The van der Waals surface area contributed by atoms with Crippen molar-refractivity contribution in [1.29, 1.82) is 0 Å². The number of hydrogen-bond donors (Lipinski definition) is 1. The molecular weight excluding hydrogens is 310 g/mol. The number of benzene rings is 1. The van der Waals surface area contributed by atoms with Crippen LogP contribution in [0.2, 0.25) is 0 Å². The molecule has 1 atom stereocenters. The van der Waals surface area contributed by atoms with Gasteiger partial charge in [-0.3, -0.25) is 4.90 Å². The van der Waals surface area contributed by atoms with Gasteiger partial charge in [-0.2, -0.15) is 0 Å². The Labute approximate surface area is 141 Å². The zero-order valence-corrected chi connectivity index (χ0v) is 14.4. The summed E-state index contributed by atoms with van der Waals surface area (Å²) in [7, 11) is 0. The van der Waals surface area contributed by atoms with E-state index in [0.717, 1.165) is 31.0 Å². The zero-order valence-electron chi connectivity index (χ0n) is 13.6. The number of fused-ring (bicyclic) bond motifs is 1. The lowest BCUT2D eigenvalue weighted by Gasteiger charge is -2.24. The molecule has 3 rings (SSSR count). The highest BCUT2D eigenvalue weighted by atomic mass is 32.1. The molecule has 2 aromatic rings. The molecule has 0 spiro atoms. The summed E-state index contributed by atoms with van der Waals surface area (Å²) in [6, 6.07) is 10.4. The quantitative estimate of drug-likeness (QED) is 0.841. The fourth-order valence-electron chi connectivity index (χ4n) is 2.70. The highest BCUT2D eigenvalue weighted by Crippen LogP contribution is 2.33. The smallest absolute Gasteiger partial charge is 0.231 e. The standard InChI is InChI=1S/C18H23NO3S/c1-3-15(20)10-19(11-16-6-4-13(2)23-16)9-14-5-7-17-18(8-14)22-12-21-17/h4-8,15,20H,3,9-12H2,1-2H3/t15-/m1/s1. The van der Waals surface area contributed by atoms with Crippen LogP contribution in [-0.2, 0) is 13.1 Å². The molecule has 0 unspecified atom stereocenters. The Bertz CT molecular complexity index is 655. The van der Waals surface area contributed by atoms with E-state index in [9.17, 15) is 5.11 Å². The van der Waals surface area contributed by atoms with Crippen molar-refractivity contribution in [2.24, 2.45) is 0 Å². The van der Waals surface area contributed by atoms with Crippen molar-refractivity contribution in [3.8, 4) is 11.5 Å². The molecule has 1 N–H and O–H groups in total. The maximum atomic E-state index is 10.1. The van der Waals surface area contributed by atoms with Crippen molar-refractivity contribution < 1.29 is 14.6 Å². The molecule has 124 valence electrons. The van der Waals surface area contributed by atoms with Crippen molar-refractivity contribution in [2.45, 2.75) is 39.5 Å². The first kappa shape index (κ1) is 16.3. The Morgan fingerprint density at radius 2 is 2.00 bits per heavy atom. The highest BCUT2D eigenvalue weighted by molar-refractivity contribution is 7.11. The second kappa shape index (κ2) is 7.34. The number of hydrogen-bond acceptors (Lipinski definition) is 5. The van der Waals surface area contributed by atoms with Gasteiger partial charge in [0.15, 0.2) is 11.5 Å². The van der Waals surface area contributed by atoms with Gasteiger partial charge in [-0.25, -0.2) is 0 Å². The van der Waals surface area contributed by atoms with Gasteiger partial charge in [-0.15, -0.1) is 11.3 Å². The molecule has 1 aromatic heterocycles. The monoisotopic (exact) mass is 333 g/mol. The van der Waals surface area contributed by atoms with Crippen LogP contribution in [0.1, 0.15) is 28.7 Å². The molecule has 1 aliphatic heterocycles. The normalized spacial score (nSPS) is 14.4. The Morgan fingerprint density at radius 1 is 1.17 bits per heavy atom. The average molecular weight is 333 g/mol. The maximum Gasteiger partial charge on any atom is 0.231 e. The molecule has 23 heavy (non-hydrogen) atoms. The van der Waals surface area contributed by atoms with Gasteiger partial charge in [0.1, 0.15) is 0 Å². The molecule has 0 amide bonds. The maximum absolute atomic E-state index is 10.1.